The van der Waals surface area contributed by atoms with Gasteiger partial charge < -0.3 is 9.64 Å². The van der Waals surface area contributed by atoms with Gasteiger partial charge in [0.15, 0.2) is 0 Å². The first-order valence-corrected chi connectivity index (χ1v) is 4.30. The molecule has 0 N–H and O–H groups in total. The fraction of sp³-hybridized carbons (Fsp3) is 0.667. The number of nitrogens with zero attached hydrogens (tertiary/aromatic N) is 1. The molecule has 12 heavy (non-hydrogen) atoms. The molecular weight excluding hydrogens is 154 g/mol. The van der Waals surface area contributed by atoms with E-state index in [1.807, 2.05) is 4.90 Å². The predicted octanol–water partition coefficient (Wildman–Crippen LogP) is 0.810. The Balaban J connectivity index is 2.58. The molecule has 3 nitrogen and oxygen atoms in total. The average molecular weight is 169 g/mol. The van der Waals surface area contributed by atoms with Crippen molar-refractivity contribution in [2.45, 2.75) is 19.4 Å². The molecule has 1 amide bonds. The topological polar surface area (TPSA) is 29.5 Å². The van der Waals surface area contributed by atoms with Gasteiger partial charge in [-0.2, -0.15) is 0 Å². The third-order valence-corrected chi connectivity index (χ3v) is 2.16. The molecule has 1 rings (SSSR count). The molecule has 68 valence electrons. The van der Waals surface area contributed by atoms with Gasteiger partial charge in [0.25, 0.3) is 0 Å². The maximum atomic E-state index is 11.3. The fourth-order valence-electron chi connectivity index (χ4n) is 1.40. The third-order valence-electron chi connectivity index (χ3n) is 2.16. The van der Waals surface area contributed by atoms with Crippen LogP contribution in [0.3, 0.4) is 0 Å². The van der Waals surface area contributed by atoms with Crippen LogP contribution in [0.15, 0.2) is 12.7 Å². The first kappa shape index (κ1) is 9.26. The Bertz CT molecular complexity index is 179. The molecular formula is C9H15NO2. The predicted molar refractivity (Wildman–Crippen MR) is 46.8 cm³/mol. The lowest BCUT2D eigenvalue weighted by atomic mass is 10.2. The summed E-state index contributed by atoms with van der Waals surface area (Å²) in [6.45, 7) is 7.54. The Hall–Kier alpha value is -0.830. The van der Waals surface area contributed by atoms with Gasteiger partial charge in [-0.3, -0.25) is 4.79 Å². The number of ether oxygens (including phenoxy) is 1. The summed E-state index contributed by atoms with van der Waals surface area (Å²) in [7, 11) is 0. The van der Waals surface area contributed by atoms with Crippen LogP contribution in [-0.4, -0.2) is 36.6 Å². The van der Waals surface area contributed by atoms with Gasteiger partial charge in [-0.1, -0.05) is 13.5 Å². The zero-order chi connectivity index (χ0) is 8.97. The maximum Gasteiger partial charge on any atom is 0.246 e. The molecule has 0 aromatic carbocycles. The van der Waals surface area contributed by atoms with Crippen LogP contribution in [-0.2, 0) is 9.53 Å². The molecule has 1 fully saturated rings. The minimum Gasteiger partial charge on any atom is -0.377 e. The zero-order valence-corrected chi connectivity index (χ0v) is 7.45. The van der Waals surface area contributed by atoms with Crippen LogP contribution >= 0.6 is 0 Å². The number of carbonyl (C=O) groups is 1. The lowest BCUT2D eigenvalue weighted by molar-refractivity contribution is -0.134. The summed E-state index contributed by atoms with van der Waals surface area (Å²) in [4.78, 5) is 13.1. The number of carbonyl (C=O) groups excluding carboxylic acids is 1. The van der Waals surface area contributed by atoms with Gasteiger partial charge in [0, 0.05) is 6.54 Å². The average Bonchev–Trinajstić information content (AvgIpc) is 2.16. The van der Waals surface area contributed by atoms with Gasteiger partial charge in [0.2, 0.25) is 5.91 Å². The second kappa shape index (κ2) is 4.26. The standard InChI is InChI=1S/C9H15NO2/c1-3-8-7-12-6-5-10(8)9(11)4-2/h4,8H,2-3,5-7H2,1H3/t8-/m1/s1. The number of morpholine rings is 1. The molecule has 3 heteroatoms. The SMILES string of the molecule is C=CC(=O)N1CCOC[C@H]1CC. The summed E-state index contributed by atoms with van der Waals surface area (Å²) in [5.74, 6) is 0.0187. The highest BCUT2D eigenvalue weighted by molar-refractivity contribution is 5.87. The summed E-state index contributed by atoms with van der Waals surface area (Å²) in [5.41, 5.74) is 0. The maximum absolute atomic E-state index is 11.3. The molecule has 1 atom stereocenters. The molecule has 1 aliphatic heterocycles. The highest BCUT2D eigenvalue weighted by Gasteiger charge is 2.23. The first-order chi connectivity index (χ1) is 5.79. The van der Waals surface area contributed by atoms with Crippen LogP contribution < -0.4 is 0 Å². The van der Waals surface area contributed by atoms with Gasteiger partial charge >= 0.3 is 0 Å². The van der Waals surface area contributed by atoms with E-state index < -0.39 is 0 Å². The molecule has 0 aromatic heterocycles. The van der Waals surface area contributed by atoms with E-state index in [1.54, 1.807) is 0 Å². The smallest absolute Gasteiger partial charge is 0.246 e. The molecule has 1 aliphatic rings. The Kier molecular flexibility index (Phi) is 3.29. The van der Waals surface area contributed by atoms with Crippen LogP contribution in [0.2, 0.25) is 0 Å². The number of amides is 1. The normalized spacial score (nSPS) is 23.8. The fourth-order valence-corrected chi connectivity index (χ4v) is 1.40. The van der Waals surface area contributed by atoms with Crippen molar-refractivity contribution in [1.29, 1.82) is 0 Å². The minimum absolute atomic E-state index is 0.0187. The van der Waals surface area contributed by atoms with Gasteiger partial charge in [-0.15, -0.1) is 0 Å². The third kappa shape index (κ3) is 1.85. The summed E-state index contributed by atoms with van der Waals surface area (Å²) < 4.78 is 5.27. The van der Waals surface area contributed by atoms with E-state index in [2.05, 4.69) is 13.5 Å². The molecule has 0 bridgehead atoms. The van der Waals surface area contributed by atoms with E-state index in [-0.39, 0.29) is 11.9 Å². The van der Waals surface area contributed by atoms with Crippen LogP contribution in [0.5, 0.6) is 0 Å². The van der Waals surface area contributed by atoms with Gasteiger partial charge in [-0.25, -0.2) is 0 Å². The van der Waals surface area contributed by atoms with Crippen LogP contribution in [0, 0.1) is 0 Å². The summed E-state index contributed by atoms with van der Waals surface area (Å²) in [6.07, 6.45) is 2.31. The van der Waals surface area contributed by atoms with Gasteiger partial charge in [-0.05, 0) is 12.5 Å². The quantitative estimate of drug-likeness (QED) is 0.572. The zero-order valence-electron chi connectivity index (χ0n) is 7.45. The highest BCUT2D eigenvalue weighted by Crippen LogP contribution is 2.10. The molecule has 1 saturated heterocycles. The van der Waals surface area contributed by atoms with E-state index in [4.69, 9.17) is 4.74 Å². The molecule has 0 unspecified atom stereocenters. The van der Waals surface area contributed by atoms with Crippen molar-refractivity contribution in [3.63, 3.8) is 0 Å². The molecule has 0 aromatic rings. The van der Waals surface area contributed by atoms with Gasteiger partial charge in [0.05, 0.1) is 19.3 Å². The van der Waals surface area contributed by atoms with Crippen LogP contribution in [0.1, 0.15) is 13.3 Å². The summed E-state index contributed by atoms with van der Waals surface area (Å²) >= 11 is 0. The molecule has 0 spiro atoms. The lowest BCUT2D eigenvalue weighted by Crippen LogP contribution is -2.47. The highest BCUT2D eigenvalue weighted by atomic mass is 16.5. The number of hydrogen-bond donors (Lipinski definition) is 0. The van der Waals surface area contributed by atoms with E-state index in [1.165, 1.54) is 6.08 Å². The monoisotopic (exact) mass is 169 g/mol. The molecule has 0 saturated carbocycles. The van der Waals surface area contributed by atoms with Crippen molar-refractivity contribution in [2.75, 3.05) is 19.8 Å². The summed E-state index contributed by atoms with van der Waals surface area (Å²) in [6, 6.07) is 0.240. The van der Waals surface area contributed by atoms with Crippen LogP contribution in [0.4, 0.5) is 0 Å². The van der Waals surface area contributed by atoms with Crippen molar-refractivity contribution >= 4 is 5.91 Å². The molecule has 0 aliphatic carbocycles. The first-order valence-electron chi connectivity index (χ1n) is 4.30. The number of rotatable bonds is 2. The van der Waals surface area contributed by atoms with Gasteiger partial charge in [0.1, 0.15) is 0 Å². The van der Waals surface area contributed by atoms with Crippen LogP contribution in [0.25, 0.3) is 0 Å². The Morgan fingerprint density at radius 2 is 2.58 bits per heavy atom. The molecule has 0 radical (unpaired) electrons. The second-order valence-electron chi connectivity index (χ2n) is 2.87. The Morgan fingerprint density at radius 3 is 3.17 bits per heavy atom. The minimum atomic E-state index is 0.0187. The van der Waals surface area contributed by atoms with E-state index in [9.17, 15) is 4.79 Å². The Morgan fingerprint density at radius 1 is 1.83 bits per heavy atom. The second-order valence-corrected chi connectivity index (χ2v) is 2.87. The molecule has 1 heterocycles. The summed E-state index contributed by atoms with van der Waals surface area (Å²) in [5, 5.41) is 0. The van der Waals surface area contributed by atoms with Crippen molar-refractivity contribution < 1.29 is 9.53 Å². The van der Waals surface area contributed by atoms with Crippen molar-refractivity contribution in [1.82, 2.24) is 4.90 Å². The van der Waals surface area contributed by atoms with Crippen molar-refractivity contribution in [2.24, 2.45) is 0 Å². The van der Waals surface area contributed by atoms with Crippen molar-refractivity contribution in [3.05, 3.63) is 12.7 Å². The van der Waals surface area contributed by atoms with Crippen molar-refractivity contribution in [3.8, 4) is 0 Å². The Labute approximate surface area is 73.0 Å². The van der Waals surface area contributed by atoms with E-state index in [0.29, 0.717) is 19.8 Å². The largest absolute Gasteiger partial charge is 0.377 e. The van der Waals surface area contributed by atoms with E-state index in [0.717, 1.165) is 6.42 Å². The lowest BCUT2D eigenvalue weighted by Gasteiger charge is -2.34. The van der Waals surface area contributed by atoms with E-state index >= 15 is 0 Å². The number of hydrogen-bond acceptors (Lipinski definition) is 2.